The quantitative estimate of drug-likeness (QED) is 0.871. The molecule has 3 heteroatoms. The van der Waals surface area contributed by atoms with Gasteiger partial charge in [0.15, 0.2) is 0 Å². The van der Waals surface area contributed by atoms with Gasteiger partial charge in [0.1, 0.15) is 5.75 Å². The number of aliphatic carboxylic acids is 1. The zero-order chi connectivity index (χ0) is 14.8. The Morgan fingerprint density at radius 1 is 1.16 bits per heavy atom. The molecule has 106 valence electrons. The van der Waals surface area contributed by atoms with Gasteiger partial charge in [-0.3, -0.25) is 4.79 Å². The molecule has 0 aliphatic rings. The minimum absolute atomic E-state index is 0.0534. The van der Waals surface area contributed by atoms with Crippen LogP contribution in [-0.4, -0.2) is 16.2 Å². The fourth-order valence-electron chi connectivity index (χ4n) is 2.74. The van der Waals surface area contributed by atoms with E-state index in [0.717, 1.165) is 12.0 Å². The fraction of sp³-hybridized carbons (Fsp3) is 0.562. The Balaban J connectivity index is 3.10. The van der Waals surface area contributed by atoms with Crippen molar-refractivity contribution in [3.8, 4) is 5.75 Å². The van der Waals surface area contributed by atoms with Gasteiger partial charge >= 0.3 is 5.97 Å². The number of carboxylic acid groups (broad SMARTS) is 1. The van der Waals surface area contributed by atoms with Gasteiger partial charge in [-0.2, -0.15) is 0 Å². The van der Waals surface area contributed by atoms with Crippen molar-refractivity contribution in [1.82, 2.24) is 0 Å². The first-order valence-electron chi connectivity index (χ1n) is 6.55. The van der Waals surface area contributed by atoms with Gasteiger partial charge in [-0.1, -0.05) is 46.8 Å². The summed E-state index contributed by atoms with van der Waals surface area (Å²) in [6.45, 7) is 10.9. The van der Waals surface area contributed by atoms with Crippen molar-refractivity contribution >= 4 is 5.97 Å². The van der Waals surface area contributed by atoms with E-state index < -0.39 is 5.97 Å². The predicted octanol–water partition coefficient (Wildman–Crippen LogP) is 3.73. The molecule has 19 heavy (non-hydrogen) atoms. The molecule has 0 aromatic heterocycles. The number of hydrogen-bond donors (Lipinski definition) is 2. The van der Waals surface area contributed by atoms with Gasteiger partial charge < -0.3 is 10.2 Å². The largest absolute Gasteiger partial charge is 0.508 e. The molecule has 0 spiro atoms. The first-order valence-corrected chi connectivity index (χ1v) is 6.55. The van der Waals surface area contributed by atoms with E-state index in [9.17, 15) is 9.90 Å². The zero-order valence-corrected chi connectivity index (χ0v) is 12.4. The summed E-state index contributed by atoms with van der Waals surface area (Å²) in [4.78, 5) is 10.8. The number of aromatic hydroxyl groups is 1. The normalized spacial score (nSPS) is 12.5. The van der Waals surface area contributed by atoms with E-state index in [1.54, 1.807) is 6.07 Å². The van der Waals surface area contributed by atoms with E-state index in [2.05, 4.69) is 34.6 Å². The molecule has 0 unspecified atom stereocenters. The third-order valence-corrected chi connectivity index (χ3v) is 3.17. The maximum atomic E-state index is 10.8. The van der Waals surface area contributed by atoms with Gasteiger partial charge in [-0.05, 0) is 28.9 Å². The lowest BCUT2D eigenvalue weighted by Crippen LogP contribution is -2.25. The molecule has 0 radical (unpaired) electrons. The topological polar surface area (TPSA) is 57.5 Å². The van der Waals surface area contributed by atoms with Gasteiger partial charge in [0, 0.05) is 5.56 Å². The smallest absolute Gasteiger partial charge is 0.307 e. The van der Waals surface area contributed by atoms with Gasteiger partial charge in [-0.15, -0.1) is 0 Å². The van der Waals surface area contributed by atoms with E-state index in [1.165, 1.54) is 0 Å². The van der Waals surface area contributed by atoms with E-state index in [0.29, 0.717) is 5.56 Å². The Morgan fingerprint density at radius 2 is 1.74 bits per heavy atom. The van der Waals surface area contributed by atoms with Crippen molar-refractivity contribution in [3.63, 3.8) is 0 Å². The molecule has 2 N–H and O–H groups in total. The highest BCUT2D eigenvalue weighted by Gasteiger charge is 2.27. The lowest BCUT2D eigenvalue weighted by Gasteiger charge is -2.33. The van der Waals surface area contributed by atoms with E-state index in [4.69, 9.17) is 5.11 Å². The first kappa shape index (κ1) is 15.5. The van der Waals surface area contributed by atoms with Crippen LogP contribution in [0, 0.1) is 5.41 Å². The summed E-state index contributed by atoms with van der Waals surface area (Å²) in [5.41, 5.74) is 1.68. The number of benzene rings is 1. The van der Waals surface area contributed by atoms with Crippen molar-refractivity contribution in [1.29, 1.82) is 0 Å². The van der Waals surface area contributed by atoms with Crippen LogP contribution in [0.15, 0.2) is 18.2 Å². The summed E-state index contributed by atoms with van der Waals surface area (Å²) < 4.78 is 0. The molecule has 3 nitrogen and oxygen atoms in total. The van der Waals surface area contributed by atoms with Crippen LogP contribution in [0.25, 0.3) is 0 Å². The molecule has 1 aromatic carbocycles. The highest BCUT2D eigenvalue weighted by molar-refractivity contribution is 5.71. The van der Waals surface area contributed by atoms with E-state index in [-0.39, 0.29) is 23.0 Å². The van der Waals surface area contributed by atoms with Gasteiger partial charge in [0.2, 0.25) is 0 Å². The number of hydrogen-bond acceptors (Lipinski definition) is 2. The average Bonchev–Trinajstić information content (AvgIpc) is 2.16. The summed E-state index contributed by atoms with van der Waals surface area (Å²) in [6.07, 6.45) is 0.836. The number of phenolic OH excluding ortho intramolecular Hbond substituents is 1. The van der Waals surface area contributed by atoms with Crippen LogP contribution < -0.4 is 0 Å². The van der Waals surface area contributed by atoms with Crippen molar-refractivity contribution in [2.75, 3.05) is 0 Å². The molecule has 0 bridgehead atoms. The summed E-state index contributed by atoms with van der Waals surface area (Å²) >= 11 is 0. The summed E-state index contributed by atoms with van der Waals surface area (Å²) in [7, 11) is 0. The van der Waals surface area contributed by atoms with Crippen LogP contribution in [0.2, 0.25) is 0 Å². The van der Waals surface area contributed by atoms with Gasteiger partial charge in [0.05, 0.1) is 6.42 Å². The molecule has 0 aliphatic heterocycles. The number of phenols is 1. The Kier molecular flexibility index (Phi) is 4.28. The first-order chi connectivity index (χ1) is 8.51. The van der Waals surface area contributed by atoms with Crippen LogP contribution >= 0.6 is 0 Å². The summed E-state index contributed by atoms with van der Waals surface area (Å²) in [5.74, 6) is -0.876. The van der Waals surface area contributed by atoms with E-state index in [1.807, 2.05) is 12.1 Å². The molecule has 1 aromatic rings. The van der Waals surface area contributed by atoms with Crippen molar-refractivity contribution in [2.24, 2.45) is 5.41 Å². The monoisotopic (exact) mass is 264 g/mol. The SMILES string of the molecule is CC(C)(C)CC(C)(C)c1ccc(O)c(CC(=O)O)c1. The highest BCUT2D eigenvalue weighted by Crippen LogP contribution is 2.37. The van der Waals surface area contributed by atoms with Gasteiger partial charge in [-0.25, -0.2) is 0 Å². The lowest BCUT2D eigenvalue weighted by atomic mass is 9.72. The maximum absolute atomic E-state index is 10.8. The molecule has 0 fully saturated rings. The highest BCUT2D eigenvalue weighted by atomic mass is 16.4. The standard InChI is InChI=1S/C16H24O3/c1-15(2,3)10-16(4,5)12-6-7-13(17)11(8-12)9-14(18)19/h6-8,17H,9-10H2,1-5H3,(H,18,19). The zero-order valence-electron chi connectivity index (χ0n) is 12.4. The lowest BCUT2D eigenvalue weighted by molar-refractivity contribution is -0.136. The molecule has 1 rings (SSSR count). The van der Waals surface area contributed by atoms with Gasteiger partial charge in [0.25, 0.3) is 0 Å². The molecule has 0 saturated carbocycles. The maximum Gasteiger partial charge on any atom is 0.307 e. The second kappa shape index (κ2) is 5.24. The molecule has 0 heterocycles. The molecule has 0 amide bonds. The Morgan fingerprint density at radius 3 is 2.21 bits per heavy atom. The second-order valence-corrected chi connectivity index (χ2v) is 7.04. The minimum Gasteiger partial charge on any atom is -0.508 e. The Hall–Kier alpha value is -1.51. The van der Waals surface area contributed by atoms with Crippen LogP contribution in [0.3, 0.4) is 0 Å². The Labute approximate surface area is 115 Å². The van der Waals surface area contributed by atoms with Crippen molar-refractivity contribution in [2.45, 2.75) is 52.9 Å². The minimum atomic E-state index is -0.930. The molecular formula is C16H24O3. The number of carboxylic acids is 1. The summed E-state index contributed by atoms with van der Waals surface area (Å²) in [5, 5.41) is 18.6. The second-order valence-electron chi connectivity index (χ2n) is 7.04. The molecular weight excluding hydrogens is 240 g/mol. The predicted molar refractivity (Wildman–Crippen MR) is 76.5 cm³/mol. The number of rotatable bonds is 4. The molecule has 0 saturated heterocycles. The number of carbonyl (C=O) groups is 1. The van der Waals surface area contributed by atoms with E-state index >= 15 is 0 Å². The Bertz CT molecular complexity index is 467. The fourth-order valence-corrected chi connectivity index (χ4v) is 2.74. The average molecular weight is 264 g/mol. The third kappa shape index (κ3) is 4.58. The third-order valence-electron chi connectivity index (χ3n) is 3.17. The van der Waals surface area contributed by atoms with Crippen LogP contribution in [0.1, 0.15) is 52.2 Å². The molecule has 0 atom stereocenters. The van der Waals surface area contributed by atoms with Crippen molar-refractivity contribution in [3.05, 3.63) is 29.3 Å². The molecule has 0 aliphatic carbocycles. The van der Waals surface area contributed by atoms with Crippen LogP contribution in [0.5, 0.6) is 5.75 Å². The van der Waals surface area contributed by atoms with Crippen LogP contribution in [0.4, 0.5) is 0 Å². The van der Waals surface area contributed by atoms with Crippen molar-refractivity contribution < 1.29 is 15.0 Å². The summed E-state index contributed by atoms with van der Waals surface area (Å²) in [6, 6.07) is 5.29. The van der Waals surface area contributed by atoms with Crippen LogP contribution in [-0.2, 0) is 16.6 Å².